The molecular weight excluding hydrogens is 383 g/mol. The molecule has 0 saturated heterocycles. The number of halogens is 2. The van der Waals surface area contributed by atoms with Gasteiger partial charge >= 0.3 is 0 Å². The van der Waals surface area contributed by atoms with Crippen molar-refractivity contribution in [1.82, 2.24) is 9.78 Å². The fourth-order valence-electron chi connectivity index (χ4n) is 4.70. The van der Waals surface area contributed by atoms with Gasteiger partial charge in [0.05, 0.1) is 16.8 Å². The maximum absolute atomic E-state index is 13.4. The van der Waals surface area contributed by atoms with Crippen LogP contribution in [0.15, 0.2) is 18.2 Å². The van der Waals surface area contributed by atoms with Crippen molar-refractivity contribution in [3.63, 3.8) is 0 Å². The summed E-state index contributed by atoms with van der Waals surface area (Å²) in [4.78, 5) is 12.9. The highest BCUT2D eigenvalue weighted by Gasteiger charge is 2.46. The number of amides is 1. The number of benzene rings is 1. The number of aliphatic hydroxyl groups is 1. The number of aryl methyl sites for hydroxylation is 1. The molecule has 4 N–H and O–H groups in total. The Labute approximate surface area is 167 Å². The molecule has 2 aliphatic rings. The molecule has 1 amide bonds. The summed E-state index contributed by atoms with van der Waals surface area (Å²) in [5.74, 6) is -0.453. The number of anilines is 2. The van der Waals surface area contributed by atoms with E-state index in [0.717, 1.165) is 38.5 Å². The molecule has 0 unspecified atom stereocenters. The van der Waals surface area contributed by atoms with Crippen molar-refractivity contribution in [2.45, 2.75) is 50.5 Å². The number of nitrogens with one attached hydrogen (secondary N) is 1. The van der Waals surface area contributed by atoms with Gasteiger partial charge in [-0.2, -0.15) is 5.10 Å². The number of nitrogens with two attached hydrogens (primary N) is 1. The van der Waals surface area contributed by atoms with Gasteiger partial charge in [0, 0.05) is 18.7 Å². The number of hydrogen-bond donors (Lipinski definition) is 3. The van der Waals surface area contributed by atoms with Crippen LogP contribution in [0.3, 0.4) is 0 Å². The fourth-order valence-corrected chi connectivity index (χ4v) is 4.88. The molecule has 4 rings (SSSR count). The number of aromatic nitrogens is 2. The van der Waals surface area contributed by atoms with E-state index in [0.29, 0.717) is 22.8 Å². The van der Waals surface area contributed by atoms with Gasteiger partial charge in [-0.1, -0.05) is 11.6 Å². The summed E-state index contributed by atoms with van der Waals surface area (Å²) in [6.07, 6.45) is 5.49. The van der Waals surface area contributed by atoms with Crippen LogP contribution >= 0.6 is 11.6 Å². The van der Waals surface area contributed by atoms with E-state index in [1.165, 1.54) is 22.9 Å². The topological polar surface area (TPSA) is 93.2 Å². The van der Waals surface area contributed by atoms with E-state index >= 15 is 0 Å². The van der Waals surface area contributed by atoms with Crippen molar-refractivity contribution in [1.29, 1.82) is 0 Å². The predicted octanol–water partition coefficient (Wildman–Crippen LogP) is 3.85. The minimum atomic E-state index is -0.543. The minimum Gasteiger partial charge on any atom is -0.393 e. The summed E-state index contributed by atoms with van der Waals surface area (Å²) in [6.45, 7) is 0. The number of carbonyl (C=O) groups is 1. The van der Waals surface area contributed by atoms with E-state index in [1.807, 2.05) is 0 Å². The number of hydrogen-bond acceptors (Lipinski definition) is 4. The number of carbonyl (C=O) groups excluding carboxylic acids is 1. The van der Waals surface area contributed by atoms with Gasteiger partial charge in [0.1, 0.15) is 17.2 Å². The van der Waals surface area contributed by atoms with Crippen LogP contribution in [0.1, 0.15) is 60.5 Å². The van der Waals surface area contributed by atoms with Gasteiger partial charge in [0.15, 0.2) is 0 Å². The van der Waals surface area contributed by atoms with Gasteiger partial charge in [0.25, 0.3) is 5.91 Å². The third-order valence-corrected chi connectivity index (χ3v) is 6.58. The maximum atomic E-state index is 13.4. The Balaban J connectivity index is 1.54. The Morgan fingerprint density at radius 2 is 2.07 bits per heavy atom. The summed E-state index contributed by atoms with van der Waals surface area (Å²) in [5, 5.41) is 16.9. The molecule has 0 bridgehead atoms. The lowest BCUT2D eigenvalue weighted by Gasteiger charge is -2.49. The second kappa shape index (κ2) is 7.04. The summed E-state index contributed by atoms with van der Waals surface area (Å²) in [7, 11) is 1.72. The monoisotopic (exact) mass is 406 g/mol. The van der Waals surface area contributed by atoms with Crippen LogP contribution in [-0.4, -0.2) is 26.9 Å². The molecule has 8 heteroatoms. The number of rotatable bonds is 3. The Hall–Kier alpha value is -2.12. The maximum Gasteiger partial charge on any atom is 0.261 e. The summed E-state index contributed by atoms with van der Waals surface area (Å²) in [6, 6.07) is 4.03. The zero-order valence-corrected chi connectivity index (χ0v) is 16.5. The molecule has 0 aliphatic heterocycles. The first-order chi connectivity index (χ1) is 13.3. The zero-order chi connectivity index (χ0) is 20.1. The smallest absolute Gasteiger partial charge is 0.261 e. The molecule has 0 atom stereocenters. The SMILES string of the molecule is Cn1nc(C2CCC3(CC2)CC(O)C3)c(C(=O)Nc2ccc(F)c(Cl)c2)c1N. The third kappa shape index (κ3) is 3.37. The van der Waals surface area contributed by atoms with Gasteiger partial charge in [-0.05, 0) is 62.1 Å². The highest BCUT2D eigenvalue weighted by molar-refractivity contribution is 6.31. The van der Waals surface area contributed by atoms with Crippen LogP contribution in [-0.2, 0) is 7.05 Å². The van der Waals surface area contributed by atoms with Crippen molar-refractivity contribution in [2.24, 2.45) is 12.5 Å². The fraction of sp³-hybridized carbons (Fsp3) is 0.500. The van der Waals surface area contributed by atoms with E-state index in [9.17, 15) is 14.3 Å². The Morgan fingerprint density at radius 1 is 1.39 bits per heavy atom. The van der Waals surface area contributed by atoms with Gasteiger partial charge in [-0.3, -0.25) is 9.48 Å². The first-order valence-electron chi connectivity index (χ1n) is 9.55. The second-order valence-corrected chi connectivity index (χ2v) is 8.60. The average Bonchev–Trinajstić information content (AvgIpc) is 2.93. The molecule has 6 nitrogen and oxygen atoms in total. The van der Waals surface area contributed by atoms with Crippen LogP contribution < -0.4 is 11.1 Å². The molecule has 2 saturated carbocycles. The highest BCUT2D eigenvalue weighted by atomic mass is 35.5. The molecule has 2 aromatic rings. The molecule has 150 valence electrons. The third-order valence-electron chi connectivity index (χ3n) is 6.29. The number of nitrogens with zero attached hydrogens (tertiary/aromatic N) is 2. The second-order valence-electron chi connectivity index (χ2n) is 8.19. The number of nitrogen functional groups attached to an aromatic ring is 1. The molecule has 28 heavy (non-hydrogen) atoms. The van der Waals surface area contributed by atoms with Crippen molar-refractivity contribution in [3.8, 4) is 0 Å². The molecule has 1 aromatic carbocycles. The average molecular weight is 407 g/mol. The van der Waals surface area contributed by atoms with Crippen LogP contribution in [0.5, 0.6) is 0 Å². The first-order valence-corrected chi connectivity index (χ1v) is 9.93. The van der Waals surface area contributed by atoms with E-state index < -0.39 is 5.82 Å². The predicted molar refractivity (Wildman–Crippen MR) is 106 cm³/mol. The lowest BCUT2D eigenvalue weighted by molar-refractivity contribution is -0.0570. The Kier molecular flexibility index (Phi) is 4.83. The van der Waals surface area contributed by atoms with Crippen molar-refractivity contribution in [2.75, 3.05) is 11.1 Å². The van der Waals surface area contributed by atoms with E-state index in [4.69, 9.17) is 17.3 Å². The van der Waals surface area contributed by atoms with Gasteiger partial charge in [-0.15, -0.1) is 0 Å². The summed E-state index contributed by atoms with van der Waals surface area (Å²) in [5.41, 5.74) is 7.90. The van der Waals surface area contributed by atoms with Crippen LogP contribution in [0.2, 0.25) is 5.02 Å². The van der Waals surface area contributed by atoms with Gasteiger partial charge in [-0.25, -0.2) is 4.39 Å². The normalized spacial score (nSPS) is 26.9. The molecule has 1 spiro atoms. The summed E-state index contributed by atoms with van der Waals surface area (Å²) < 4.78 is 14.9. The molecule has 2 aliphatic carbocycles. The summed E-state index contributed by atoms with van der Waals surface area (Å²) >= 11 is 5.80. The quantitative estimate of drug-likeness (QED) is 0.721. The van der Waals surface area contributed by atoms with E-state index in [1.54, 1.807) is 7.05 Å². The molecule has 2 fully saturated rings. The van der Waals surface area contributed by atoms with Crippen LogP contribution in [0.25, 0.3) is 0 Å². The van der Waals surface area contributed by atoms with Crippen LogP contribution in [0.4, 0.5) is 15.9 Å². The van der Waals surface area contributed by atoms with Crippen molar-refractivity contribution in [3.05, 3.63) is 40.3 Å². The standard InChI is InChI=1S/C20H24ClFN4O2/c1-26-18(23)16(19(28)24-12-2-3-15(22)14(21)8-12)17(25-26)11-4-6-20(7-5-11)9-13(27)10-20/h2-3,8,11,13,27H,4-7,9-10,23H2,1H3,(H,24,28). The molecular formula is C20H24ClFN4O2. The Bertz CT molecular complexity index is 913. The van der Waals surface area contributed by atoms with Crippen LogP contribution in [0, 0.1) is 11.2 Å². The lowest BCUT2D eigenvalue weighted by atomic mass is 9.57. The van der Waals surface area contributed by atoms with E-state index in [2.05, 4.69) is 10.4 Å². The van der Waals surface area contributed by atoms with Gasteiger partial charge < -0.3 is 16.2 Å². The molecule has 1 aromatic heterocycles. The van der Waals surface area contributed by atoms with Gasteiger partial charge in [0.2, 0.25) is 0 Å². The van der Waals surface area contributed by atoms with E-state index in [-0.39, 0.29) is 28.4 Å². The highest BCUT2D eigenvalue weighted by Crippen LogP contribution is 2.54. The minimum absolute atomic E-state index is 0.0579. The molecule has 0 radical (unpaired) electrons. The number of aliphatic hydroxyl groups excluding tert-OH is 1. The largest absolute Gasteiger partial charge is 0.393 e. The molecule has 1 heterocycles. The zero-order valence-electron chi connectivity index (χ0n) is 15.7. The van der Waals surface area contributed by atoms with Crippen molar-refractivity contribution < 1.29 is 14.3 Å². The lowest BCUT2D eigenvalue weighted by Crippen LogP contribution is -2.43. The Morgan fingerprint density at radius 3 is 2.68 bits per heavy atom. The first kappa shape index (κ1) is 19.2. The van der Waals surface area contributed by atoms with Crippen molar-refractivity contribution >= 4 is 29.0 Å².